The number of hydrogen-bond donors (Lipinski definition) is 1. The third-order valence-electron chi connectivity index (χ3n) is 2.92. The van der Waals surface area contributed by atoms with Crippen LogP contribution in [0.5, 0.6) is 5.75 Å². The van der Waals surface area contributed by atoms with Crippen molar-refractivity contribution < 1.29 is 19.1 Å². The van der Waals surface area contributed by atoms with Crippen molar-refractivity contribution in [2.24, 2.45) is 0 Å². The number of amides is 1. The summed E-state index contributed by atoms with van der Waals surface area (Å²) in [6.07, 6.45) is 1.94. The van der Waals surface area contributed by atoms with Gasteiger partial charge < -0.3 is 14.8 Å². The largest absolute Gasteiger partial charge is 0.492 e. The van der Waals surface area contributed by atoms with Gasteiger partial charge in [-0.2, -0.15) is 0 Å². The Morgan fingerprint density at radius 1 is 1.58 bits per heavy atom. The van der Waals surface area contributed by atoms with Gasteiger partial charge in [0.1, 0.15) is 18.1 Å². The van der Waals surface area contributed by atoms with Gasteiger partial charge in [-0.05, 0) is 38.0 Å². The minimum Gasteiger partial charge on any atom is -0.492 e. The van der Waals surface area contributed by atoms with Crippen LogP contribution < -0.4 is 10.1 Å². The molecule has 1 amide bonds. The summed E-state index contributed by atoms with van der Waals surface area (Å²) in [4.78, 5) is 22.8. The fraction of sp³-hybridized carbons (Fsp3) is 0.429. The topological polar surface area (TPSA) is 64.6 Å². The fourth-order valence-corrected chi connectivity index (χ4v) is 2.00. The lowest BCUT2D eigenvalue weighted by Crippen LogP contribution is -2.27. The van der Waals surface area contributed by atoms with Crippen molar-refractivity contribution in [2.45, 2.75) is 25.9 Å². The third-order valence-corrected chi connectivity index (χ3v) is 2.92. The molecule has 0 bridgehead atoms. The molecule has 1 unspecified atom stereocenters. The van der Waals surface area contributed by atoms with Crippen molar-refractivity contribution in [3.05, 3.63) is 23.8 Å². The van der Waals surface area contributed by atoms with Gasteiger partial charge in [0.25, 0.3) is 5.91 Å². The van der Waals surface area contributed by atoms with Crippen LogP contribution in [-0.4, -0.2) is 31.5 Å². The number of aldehydes is 1. The lowest BCUT2D eigenvalue weighted by molar-refractivity contribution is -0.124. The second kappa shape index (κ2) is 6.33. The van der Waals surface area contributed by atoms with Gasteiger partial charge >= 0.3 is 0 Å². The highest BCUT2D eigenvalue weighted by atomic mass is 16.5. The third kappa shape index (κ3) is 3.32. The van der Waals surface area contributed by atoms with Gasteiger partial charge in [0.05, 0.1) is 12.3 Å². The molecule has 1 aliphatic rings. The van der Waals surface area contributed by atoms with E-state index in [1.807, 2.05) is 6.92 Å². The number of carbonyl (C=O) groups is 2. The molecule has 0 spiro atoms. The van der Waals surface area contributed by atoms with Gasteiger partial charge in [-0.15, -0.1) is 0 Å². The maximum atomic E-state index is 12.0. The molecule has 5 nitrogen and oxygen atoms in total. The smallest absolute Gasteiger partial charge is 0.253 e. The Hall–Kier alpha value is -1.88. The highest BCUT2D eigenvalue weighted by molar-refractivity contribution is 5.96. The van der Waals surface area contributed by atoms with E-state index >= 15 is 0 Å². The number of benzene rings is 1. The number of hydrogen-bond acceptors (Lipinski definition) is 4. The number of carbonyl (C=O) groups excluding carboxylic acids is 2. The predicted octanol–water partition coefficient (Wildman–Crippen LogP) is 2.02. The monoisotopic (exact) mass is 263 g/mol. The van der Waals surface area contributed by atoms with Crippen molar-refractivity contribution in [3.63, 3.8) is 0 Å². The Bertz CT molecular complexity index is 467. The molecule has 1 N–H and O–H groups in total. The fourth-order valence-electron chi connectivity index (χ4n) is 2.00. The quantitative estimate of drug-likeness (QED) is 0.825. The molecule has 1 aromatic carbocycles. The zero-order valence-corrected chi connectivity index (χ0v) is 10.8. The predicted molar refractivity (Wildman–Crippen MR) is 70.6 cm³/mol. The normalized spacial score (nSPS) is 18.1. The van der Waals surface area contributed by atoms with Gasteiger partial charge in [0.15, 0.2) is 0 Å². The Labute approximate surface area is 111 Å². The molecule has 0 radical (unpaired) electrons. The number of rotatable bonds is 5. The van der Waals surface area contributed by atoms with Crippen LogP contribution in [0.25, 0.3) is 0 Å². The standard InChI is InChI=1S/C14H17NO4/c1-2-18-12-6-5-10(9-16)8-11(12)15-14(17)13-4-3-7-19-13/h5-6,8-9,13H,2-4,7H2,1H3,(H,15,17). The summed E-state index contributed by atoms with van der Waals surface area (Å²) in [7, 11) is 0. The second-order valence-corrected chi connectivity index (χ2v) is 4.30. The molecule has 102 valence electrons. The van der Waals surface area contributed by atoms with Crippen LogP contribution in [0.4, 0.5) is 5.69 Å². The van der Waals surface area contributed by atoms with Crippen molar-refractivity contribution in [2.75, 3.05) is 18.5 Å². The molecular weight excluding hydrogens is 246 g/mol. The zero-order chi connectivity index (χ0) is 13.7. The summed E-state index contributed by atoms with van der Waals surface area (Å²) < 4.78 is 10.7. The molecule has 19 heavy (non-hydrogen) atoms. The van der Waals surface area contributed by atoms with Crippen LogP contribution in [0.3, 0.4) is 0 Å². The molecular formula is C14H17NO4. The van der Waals surface area contributed by atoms with Crippen LogP contribution in [-0.2, 0) is 9.53 Å². The molecule has 0 saturated carbocycles. The Morgan fingerprint density at radius 3 is 3.05 bits per heavy atom. The summed E-state index contributed by atoms with van der Waals surface area (Å²) in [5.41, 5.74) is 0.998. The van der Waals surface area contributed by atoms with Crippen LogP contribution in [0.15, 0.2) is 18.2 Å². The van der Waals surface area contributed by atoms with E-state index in [-0.39, 0.29) is 5.91 Å². The van der Waals surface area contributed by atoms with E-state index in [1.54, 1.807) is 18.2 Å². The van der Waals surface area contributed by atoms with Gasteiger partial charge in [-0.1, -0.05) is 0 Å². The first kappa shape index (κ1) is 13.5. The molecule has 1 saturated heterocycles. The van der Waals surface area contributed by atoms with Gasteiger partial charge in [0, 0.05) is 12.2 Å². The van der Waals surface area contributed by atoms with Gasteiger partial charge in [-0.3, -0.25) is 9.59 Å². The zero-order valence-electron chi connectivity index (χ0n) is 10.8. The molecule has 1 aromatic rings. The Morgan fingerprint density at radius 2 is 2.42 bits per heavy atom. The molecule has 1 fully saturated rings. The summed E-state index contributed by atoms with van der Waals surface area (Å²) >= 11 is 0. The van der Waals surface area contributed by atoms with E-state index < -0.39 is 6.10 Å². The van der Waals surface area contributed by atoms with Crippen LogP contribution in [0.1, 0.15) is 30.1 Å². The minimum atomic E-state index is -0.408. The molecule has 0 aliphatic carbocycles. The van der Waals surface area contributed by atoms with E-state index in [9.17, 15) is 9.59 Å². The van der Waals surface area contributed by atoms with Gasteiger partial charge in [-0.25, -0.2) is 0 Å². The highest BCUT2D eigenvalue weighted by Gasteiger charge is 2.24. The molecule has 0 aromatic heterocycles. The van der Waals surface area contributed by atoms with E-state index in [0.29, 0.717) is 30.2 Å². The van der Waals surface area contributed by atoms with E-state index in [2.05, 4.69) is 5.32 Å². The first-order valence-electron chi connectivity index (χ1n) is 6.39. The Balaban J connectivity index is 2.16. The number of nitrogens with one attached hydrogen (secondary N) is 1. The Kier molecular flexibility index (Phi) is 4.52. The van der Waals surface area contributed by atoms with Crippen LogP contribution >= 0.6 is 0 Å². The minimum absolute atomic E-state index is 0.193. The molecule has 1 heterocycles. The summed E-state index contributed by atoms with van der Waals surface area (Å²) in [6, 6.07) is 4.93. The lowest BCUT2D eigenvalue weighted by Gasteiger charge is -2.14. The number of ether oxygens (including phenoxy) is 2. The second-order valence-electron chi connectivity index (χ2n) is 4.30. The van der Waals surface area contributed by atoms with Gasteiger partial charge in [0.2, 0.25) is 0 Å². The maximum Gasteiger partial charge on any atom is 0.253 e. The molecule has 5 heteroatoms. The van der Waals surface area contributed by atoms with Crippen molar-refractivity contribution in [1.82, 2.24) is 0 Å². The molecule has 1 aliphatic heterocycles. The summed E-state index contributed by atoms with van der Waals surface area (Å²) in [6.45, 7) is 2.97. The van der Waals surface area contributed by atoms with Crippen LogP contribution in [0, 0.1) is 0 Å². The first-order valence-corrected chi connectivity index (χ1v) is 6.39. The maximum absolute atomic E-state index is 12.0. The van der Waals surface area contributed by atoms with E-state index in [4.69, 9.17) is 9.47 Å². The highest BCUT2D eigenvalue weighted by Crippen LogP contribution is 2.26. The van der Waals surface area contributed by atoms with Crippen molar-refractivity contribution >= 4 is 17.9 Å². The average molecular weight is 263 g/mol. The lowest BCUT2D eigenvalue weighted by atomic mass is 10.2. The van der Waals surface area contributed by atoms with Crippen molar-refractivity contribution in [1.29, 1.82) is 0 Å². The first-order chi connectivity index (χ1) is 9.24. The van der Waals surface area contributed by atoms with E-state index in [0.717, 1.165) is 19.1 Å². The number of anilines is 1. The SMILES string of the molecule is CCOc1ccc(C=O)cc1NC(=O)C1CCCO1. The van der Waals surface area contributed by atoms with Crippen LogP contribution in [0.2, 0.25) is 0 Å². The summed E-state index contributed by atoms with van der Waals surface area (Å²) in [5, 5.41) is 2.76. The van der Waals surface area contributed by atoms with E-state index in [1.165, 1.54) is 0 Å². The summed E-state index contributed by atoms with van der Waals surface area (Å²) in [5.74, 6) is 0.362. The molecule has 2 rings (SSSR count). The van der Waals surface area contributed by atoms with Crippen molar-refractivity contribution in [3.8, 4) is 5.75 Å². The molecule has 1 atom stereocenters. The average Bonchev–Trinajstić information content (AvgIpc) is 2.95.